The Hall–Kier alpha value is -2.63. The molecule has 0 spiro atoms. The molecule has 0 fully saturated rings. The zero-order chi connectivity index (χ0) is 18.8. The van der Waals surface area contributed by atoms with Gasteiger partial charge in [0, 0.05) is 27.9 Å². The molecule has 2 aromatic heterocycles. The summed E-state index contributed by atoms with van der Waals surface area (Å²) in [6.07, 6.45) is 2.28. The third kappa shape index (κ3) is 3.75. The summed E-state index contributed by atoms with van der Waals surface area (Å²) < 4.78 is 1.99. The van der Waals surface area contributed by atoms with Gasteiger partial charge in [0.05, 0.1) is 18.2 Å². The van der Waals surface area contributed by atoms with Crippen molar-refractivity contribution in [3.63, 3.8) is 0 Å². The number of benzene rings is 2. The van der Waals surface area contributed by atoms with E-state index in [0.29, 0.717) is 11.4 Å². The molecule has 0 aliphatic rings. The predicted octanol–water partition coefficient (Wildman–Crippen LogP) is 5.14. The van der Waals surface area contributed by atoms with Gasteiger partial charge in [0.2, 0.25) is 5.91 Å². The average molecular weight is 396 g/mol. The molecule has 1 N–H and O–H groups in total. The first-order valence-corrected chi connectivity index (χ1v) is 9.92. The lowest BCUT2D eigenvalue weighted by molar-refractivity contribution is -0.121. The van der Waals surface area contributed by atoms with Crippen molar-refractivity contribution in [2.75, 3.05) is 0 Å². The third-order valence-electron chi connectivity index (χ3n) is 4.44. The fourth-order valence-corrected chi connectivity index (χ4v) is 4.24. The lowest BCUT2D eigenvalue weighted by Gasteiger charge is -2.15. The van der Waals surface area contributed by atoms with E-state index in [0.717, 1.165) is 27.5 Å². The van der Waals surface area contributed by atoms with Crippen molar-refractivity contribution in [1.29, 1.82) is 0 Å². The molecule has 0 unspecified atom stereocenters. The van der Waals surface area contributed by atoms with Crippen molar-refractivity contribution in [3.05, 3.63) is 82.5 Å². The molecule has 1 atom stereocenters. The largest absolute Gasteiger partial charge is 0.349 e. The van der Waals surface area contributed by atoms with Gasteiger partial charge in [0.1, 0.15) is 0 Å². The van der Waals surface area contributed by atoms with E-state index in [1.807, 2.05) is 77.5 Å². The van der Waals surface area contributed by atoms with Crippen LogP contribution in [-0.2, 0) is 11.2 Å². The van der Waals surface area contributed by atoms with E-state index in [2.05, 4.69) is 10.3 Å². The molecule has 0 aliphatic heterocycles. The van der Waals surface area contributed by atoms with Crippen molar-refractivity contribution < 1.29 is 4.79 Å². The maximum absolute atomic E-state index is 12.5. The van der Waals surface area contributed by atoms with Crippen LogP contribution in [0.25, 0.3) is 16.2 Å². The minimum absolute atomic E-state index is 0.0444. The van der Waals surface area contributed by atoms with E-state index in [9.17, 15) is 4.79 Å². The predicted molar refractivity (Wildman–Crippen MR) is 110 cm³/mol. The molecule has 4 nitrogen and oxygen atoms in total. The molecule has 0 aliphatic carbocycles. The number of carbonyl (C=O) groups is 1. The Morgan fingerprint density at radius 1 is 1.19 bits per heavy atom. The van der Waals surface area contributed by atoms with Gasteiger partial charge in [0.15, 0.2) is 4.96 Å². The number of fused-ring (bicyclic) bond motifs is 1. The molecule has 6 heteroatoms. The fraction of sp³-hybridized carbons (Fsp3) is 0.143. The molecule has 1 amide bonds. The summed E-state index contributed by atoms with van der Waals surface area (Å²) in [5, 5.41) is 5.67. The van der Waals surface area contributed by atoms with Crippen LogP contribution in [0, 0.1) is 0 Å². The standard InChI is InChI=1S/C21H18ClN3OS/c1-14(17-9-5-6-10-18(17)22)23-20(26)11-16-13-27-21-24-19(12-25(16)21)15-7-3-2-4-8-15/h2-10,12-14H,11H2,1H3,(H,23,26)/t14-/m1/s1. The van der Waals surface area contributed by atoms with Crippen LogP contribution in [0.4, 0.5) is 0 Å². The summed E-state index contributed by atoms with van der Waals surface area (Å²) in [5.74, 6) is -0.0444. The van der Waals surface area contributed by atoms with Crippen LogP contribution in [-0.4, -0.2) is 15.3 Å². The van der Waals surface area contributed by atoms with Crippen LogP contribution in [0.15, 0.2) is 66.2 Å². The van der Waals surface area contributed by atoms with E-state index in [-0.39, 0.29) is 11.9 Å². The van der Waals surface area contributed by atoms with E-state index in [1.54, 1.807) is 0 Å². The molecular weight excluding hydrogens is 378 g/mol. The van der Waals surface area contributed by atoms with Gasteiger partial charge in [-0.05, 0) is 18.6 Å². The number of nitrogens with one attached hydrogen (secondary N) is 1. The van der Waals surface area contributed by atoms with Gasteiger partial charge >= 0.3 is 0 Å². The Labute approximate surface area is 166 Å². The van der Waals surface area contributed by atoms with Crippen LogP contribution in [0.5, 0.6) is 0 Å². The molecule has 2 aromatic carbocycles. The summed E-state index contributed by atoms with van der Waals surface area (Å²) in [4.78, 5) is 18.1. The van der Waals surface area contributed by atoms with Gasteiger partial charge in [-0.1, -0.05) is 60.1 Å². The first-order valence-electron chi connectivity index (χ1n) is 8.66. The fourth-order valence-electron chi connectivity index (χ4n) is 3.07. The highest BCUT2D eigenvalue weighted by Crippen LogP contribution is 2.25. The van der Waals surface area contributed by atoms with Crippen molar-refractivity contribution in [1.82, 2.24) is 14.7 Å². The van der Waals surface area contributed by atoms with Crippen molar-refractivity contribution in [2.45, 2.75) is 19.4 Å². The Balaban J connectivity index is 1.51. The van der Waals surface area contributed by atoms with Gasteiger partial charge < -0.3 is 5.32 Å². The van der Waals surface area contributed by atoms with Crippen LogP contribution in [0.1, 0.15) is 24.2 Å². The maximum atomic E-state index is 12.5. The second-order valence-electron chi connectivity index (χ2n) is 6.36. The smallest absolute Gasteiger partial charge is 0.226 e. The topological polar surface area (TPSA) is 46.4 Å². The summed E-state index contributed by atoms with van der Waals surface area (Å²) in [6, 6.07) is 17.4. The quantitative estimate of drug-likeness (QED) is 0.508. The number of nitrogens with zero attached hydrogens (tertiary/aromatic N) is 2. The third-order valence-corrected chi connectivity index (χ3v) is 5.68. The summed E-state index contributed by atoms with van der Waals surface area (Å²) in [5.41, 5.74) is 3.82. The van der Waals surface area contributed by atoms with Crippen molar-refractivity contribution in [3.8, 4) is 11.3 Å². The lowest BCUT2D eigenvalue weighted by Crippen LogP contribution is -2.28. The van der Waals surface area contributed by atoms with Crippen molar-refractivity contribution >= 4 is 33.8 Å². The van der Waals surface area contributed by atoms with E-state index in [4.69, 9.17) is 11.6 Å². The number of amides is 1. The number of carbonyl (C=O) groups excluding carboxylic acids is 1. The number of halogens is 1. The van der Waals surface area contributed by atoms with Gasteiger partial charge in [0.25, 0.3) is 0 Å². The molecule has 136 valence electrons. The van der Waals surface area contributed by atoms with Crippen LogP contribution >= 0.6 is 22.9 Å². The highest BCUT2D eigenvalue weighted by molar-refractivity contribution is 7.15. The van der Waals surface area contributed by atoms with Crippen LogP contribution in [0.3, 0.4) is 0 Å². The van der Waals surface area contributed by atoms with E-state index < -0.39 is 0 Å². The van der Waals surface area contributed by atoms with E-state index in [1.165, 1.54) is 11.3 Å². The molecule has 0 radical (unpaired) electrons. The number of aromatic nitrogens is 2. The second kappa shape index (κ2) is 7.55. The highest BCUT2D eigenvalue weighted by atomic mass is 35.5. The van der Waals surface area contributed by atoms with Gasteiger partial charge in [-0.15, -0.1) is 11.3 Å². The highest BCUT2D eigenvalue weighted by Gasteiger charge is 2.15. The first-order chi connectivity index (χ1) is 13.1. The molecule has 27 heavy (non-hydrogen) atoms. The Kier molecular flexibility index (Phi) is 4.97. The number of thiazole rings is 1. The summed E-state index contributed by atoms with van der Waals surface area (Å²) in [7, 11) is 0. The molecule has 0 bridgehead atoms. The molecule has 4 rings (SSSR count). The normalized spacial score (nSPS) is 12.2. The summed E-state index contributed by atoms with van der Waals surface area (Å²) in [6.45, 7) is 1.94. The number of imidazole rings is 1. The van der Waals surface area contributed by atoms with Crippen LogP contribution < -0.4 is 5.32 Å². The molecule has 2 heterocycles. The molecule has 0 saturated carbocycles. The van der Waals surface area contributed by atoms with Crippen LogP contribution in [0.2, 0.25) is 5.02 Å². The van der Waals surface area contributed by atoms with E-state index >= 15 is 0 Å². The zero-order valence-electron chi connectivity index (χ0n) is 14.7. The van der Waals surface area contributed by atoms with Crippen molar-refractivity contribution in [2.24, 2.45) is 0 Å². The maximum Gasteiger partial charge on any atom is 0.226 e. The second-order valence-corrected chi connectivity index (χ2v) is 7.60. The Bertz CT molecular complexity index is 1090. The SMILES string of the molecule is C[C@@H](NC(=O)Cc1csc2nc(-c3ccccc3)cn12)c1ccccc1Cl. The zero-order valence-corrected chi connectivity index (χ0v) is 16.3. The van der Waals surface area contributed by atoms with Gasteiger partial charge in [-0.3, -0.25) is 9.20 Å². The number of hydrogen-bond acceptors (Lipinski definition) is 3. The minimum atomic E-state index is -0.150. The molecule has 0 saturated heterocycles. The first kappa shape index (κ1) is 17.8. The minimum Gasteiger partial charge on any atom is -0.349 e. The Morgan fingerprint density at radius 2 is 1.93 bits per heavy atom. The monoisotopic (exact) mass is 395 g/mol. The number of rotatable bonds is 5. The lowest BCUT2D eigenvalue weighted by atomic mass is 10.1. The van der Waals surface area contributed by atoms with Gasteiger partial charge in [-0.2, -0.15) is 0 Å². The molecular formula is C21H18ClN3OS. The Morgan fingerprint density at radius 3 is 2.70 bits per heavy atom. The number of hydrogen-bond donors (Lipinski definition) is 1. The summed E-state index contributed by atoms with van der Waals surface area (Å²) >= 11 is 7.76. The van der Waals surface area contributed by atoms with Gasteiger partial charge in [-0.25, -0.2) is 4.98 Å². The molecule has 4 aromatic rings. The average Bonchev–Trinajstić information content (AvgIpc) is 3.25.